The third-order valence-electron chi connectivity index (χ3n) is 6.36. The first-order chi connectivity index (χ1) is 16.9. The highest BCUT2D eigenvalue weighted by Crippen LogP contribution is 2.45. The van der Waals surface area contributed by atoms with Crippen LogP contribution in [-0.2, 0) is 4.74 Å². The molecule has 35 heavy (non-hydrogen) atoms. The lowest BCUT2D eigenvalue weighted by atomic mass is 10.0. The van der Waals surface area contributed by atoms with Gasteiger partial charge in [-0.25, -0.2) is 13.5 Å². The molecule has 2 heterocycles. The summed E-state index contributed by atoms with van der Waals surface area (Å²) in [5.41, 5.74) is 2.81. The maximum Gasteiger partial charge on any atom is 0.338 e. The molecule has 180 valence electrons. The average molecular weight is 511 g/mol. The minimum atomic E-state index is -1.32. The Morgan fingerprint density at radius 2 is 1.94 bits per heavy atom. The first kappa shape index (κ1) is 23.9. The van der Waals surface area contributed by atoms with Gasteiger partial charge in [0.15, 0.2) is 0 Å². The van der Waals surface area contributed by atoms with Gasteiger partial charge in [0.2, 0.25) is 0 Å². The van der Waals surface area contributed by atoms with Crippen molar-refractivity contribution in [2.75, 3.05) is 25.1 Å². The topological polar surface area (TPSA) is 53.0 Å². The van der Waals surface area contributed by atoms with Gasteiger partial charge < -0.3 is 14.7 Å². The summed E-state index contributed by atoms with van der Waals surface area (Å²) in [4.78, 5) is 14.7. The molecule has 5 nitrogen and oxygen atoms in total. The van der Waals surface area contributed by atoms with Crippen LogP contribution in [-0.4, -0.2) is 47.7 Å². The minimum absolute atomic E-state index is 0.0446. The molecule has 0 amide bonds. The van der Waals surface area contributed by atoms with Gasteiger partial charge in [-0.2, -0.15) is 0 Å². The van der Waals surface area contributed by atoms with Crippen molar-refractivity contribution in [2.45, 2.75) is 23.5 Å². The first-order valence-corrected chi connectivity index (χ1v) is 12.4. The van der Waals surface area contributed by atoms with Crippen LogP contribution in [0.2, 0.25) is 5.02 Å². The SMILES string of the molecule is CN1Sc2cc(-c3ccc(F)c(C(=O)O)c3)c(Cl)cc2N(c2ccccc2)C[C@H]1C1CC=CCO1. The number of halogens is 2. The molecule has 3 aromatic carbocycles. The number of aromatic carboxylic acids is 1. The lowest BCUT2D eigenvalue weighted by molar-refractivity contribution is 0.0268. The van der Waals surface area contributed by atoms with E-state index in [-0.39, 0.29) is 17.7 Å². The molecule has 0 bridgehead atoms. The molecule has 0 saturated heterocycles. The van der Waals surface area contributed by atoms with E-state index in [1.807, 2.05) is 36.4 Å². The Bertz CT molecular complexity index is 1290. The Morgan fingerprint density at radius 3 is 2.66 bits per heavy atom. The fourth-order valence-electron chi connectivity index (χ4n) is 4.55. The fraction of sp³-hybridized carbons (Fsp3) is 0.222. The molecule has 2 aliphatic rings. The third-order valence-corrected chi connectivity index (χ3v) is 7.76. The normalized spacial score (nSPS) is 20.4. The van der Waals surface area contributed by atoms with Crippen molar-refractivity contribution in [3.05, 3.63) is 89.2 Å². The molecule has 0 fully saturated rings. The summed E-state index contributed by atoms with van der Waals surface area (Å²) in [6.45, 7) is 1.30. The van der Waals surface area contributed by atoms with Gasteiger partial charge in [-0.15, -0.1) is 0 Å². The van der Waals surface area contributed by atoms with Crippen LogP contribution in [0.3, 0.4) is 0 Å². The number of rotatable bonds is 4. The fourth-order valence-corrected chi connectivity index (χ4v) is 5.89. The zero-order valence-corrected chi connectivity index (χ0v) is 20.6. The predicted octanol–water partition coefficient (Wildman–Crippen LogP) is 6.65. The van der Waals surface area contributed by atoms with Crippen molar-refractivity contribution in [3.63, 3.8) is 0 Å². The van der Waals surface area contributed by atoms with Crippen LogP contribution < -0.4 is 4.90 Å². The molecule has 5 rings (SSSR count). The van der Waals surface area contributed by atoms with E-state index in [0.29, 0.717) is 29.3 Å². The van der Waals surface area contributed by atoms with Crippen molar-refractivity contribution in [2.24, 2.45) is 0 Å². The van der Waals surface area contributed by atoms with Gasteiger partial charge in [0.05, 0.1) is 35.0 Å². The van der Waals surface area contributed by atoms with E-state index >= 15 is 0 Å². The van der Waals surface area contributed by atoms with Gasteiger partial charge in [0.25, 0.3) is 0 Å². The molecule has 1 N–H and O–H groups in total. The Morgan fingerprint density at radius 1 is 1.14 bits per heavy atom. The van der Waals surface area contributed by atoms with E-state index in [9.17, 15) is 14.3 Å². The molecule has 0 saturated carbocycles. The highest BCUT2D eigenvalue weighted by molar-refractivity contribution is 7.97. The second-order valence-electron chi connectivity index (χ2n) is 8.53. The highest BCUT2D eigenvalue weighted by atomic mass is 35.5. The van der Waals surface area contributed by atoms with Crippen LogP contribution >= 0.6 is 23.5 Å². The van der Waals surface area contributed by atoms with E-state index in [1.165, 1.54) is 12.1 Å². The van der Waals surface area contributed by atoms with Crippen LogP contribution in [0.5, 0.6) is 0 Å². The van der Waals surface area contributed by atoms with Crippen molar-refractivity contribution < 1.29 is 19.0 Å². The molecule has 0 aromatic heterocycles. The van der Waals surface area contributed by atoms with E-state index in [1.54, 1.807) is 18.0 Å². The van der Waals surface area contributed by atoms with Crippen LogP contribution in [0.25, 0.3) is 11.1 Å². The Labute approximate surface area is 212 Å². The van der Waals surface area contributed by atoms with Gasteiger partial charge in [0, 0.05) is 22.7 Å². The maximum atomic E-state index is 14.0. The average Bonchev–Trinajstić information content (AvgIpc) is 3.00. The lowest BCUT2D eigenvalue weighted by Crippen LogP contribution is -2.46. The number of hydrogen-bond donors (Lipinski definition) is 1. The number of likely N-dealkylation sites (N-methyl/N-ethyl adjacent to an activating group) is 1. The highest BCUT2D eigenvalue weighted by Gasteiger charge is 2.34. The van der Waals surface area contributed by atoms with Gasteiger partial charge in [-0.3, -0.25) is 0 Å². The number of carboxylic acid groups (broad SMARTS) is 1. The number of fused-ring (bicyclic) bond motifs is 1. The van der Waals surface area contributed by atoms with Gasteiger partial charge in [0.1, 0.15) is 5.82 Å². The standard InChI is InChI=1S/C27H24ClFN2O3S/c1-30-24(25-9-5-6-12-34-25)16-31(18-7-3-2-4-8-18)23-15-21(28)19(14-26(23)35-30)17-10-11-22(29)20(13-17)27(32)33/h2-8,10-11,13-15,24-25H,9,12,16H2,1H3,(H,32,33)/t24-,25?/m0/s1. The Hall–Kier alpha value is -2.84. The lowest BCUT2D eigenvalue weighted by Gasteiger charge is -2.35. The second-order valence-corrected chi connectivity index (χ2v) is 10.1. The van der Waals surface area contributed by atoms with Crippen molar-refractivity contribution in [1.82, 2.24) is 4.31 Å². The molecule has 3 aromatic rings. The summed E-state index contributed by atoms with van der Waals surface area (Å²) in [7, 11) is 2.06. The molecule has 0 aliphatic carbocycles. The van der Waals surface area contributed by atoms with Crippen molar-refractivity contribution in [1.29, 1.82) is 0 Å². The number of carboxylic acids is 1. The number of anilines is 2. The monoisotopic (exact) mass is 510 g/mol. The number of carbonyl (C=O) groups is 1. The number of ether oxygens (including phenoxy) is 1. The number of para-hydroxylation sites is 1. The quantitative estimate of drug-likeness (QED) is 0.313. The van der Waals surface area contributed by atoms with Gasteiger partial charge in [-0.05, 0) is 67.4 Å². The zero-order chi connectivity index (χ0) is 24.5. The Balaban J connectivity index is 1.61. The van der Waals surface area contributed by atoms with Gasteiger partial charge in [-0.1, -0.05) is 48.0 Å². The number of hydrogen-bond acceptors (Lipinski definition) is 5. The summed E-state index contributed by atoms with van der Waals surface area (Å²) in [6, 6.07) is 18.2. The van der Waals surface area contributed by atoms with Crippen molar-refractivity contribution >= 4 is 40.9 Å². The molecule has 2 atom stereocenters. The van der Waals surface area contributed by atoms with E-state index in [0.717, 1.165) is 22.7 Å². The third kappa shape index (κ3) is 4.82. The molecule has 0 spiro atoms. The van der Waals surface area contributed by atoms with Crippen LogP contribution in [0.4, 0.5) is 15.8 Å². The Kier molecular flexibility index (Phi) is 6.84. The maximum absolute atomic E-state index is 14.0. The molecular formula is C27H24ClFN2O3S. The zero-order valence-electron chi connectivity index (χ0n) is 19.0. The van der Waals surface area contributed by atoms with Crippen LogP contribution in [0.15, 0.2) is 77.7 Å². The second kappa shape index (κ2) is 10.0. The van der Waals surface area contributed by atoms with Crippen LogP contribution in [0, 0.1) is 5.82 Å². The smallest absolute Gasteiger partial charge is 0.338 e. The first-order valence-electron chi connectivity index (χ1n) is 11.3. The molecule has 0 radical (unpaired) electrons. The van der Waals surface area contributed by atoms with E-state index in [2.05, 4.69) is 34.5 Å². The van der Waals surface area contributed by atoms with E-state index in [4.69, 9.17) is 16.3 Å². The van der Waals surface area contributed by atoms with Gasteiger partial charge >= 0.3 is 5.97 Å². The van der Waals surface area contributed by atoms with Crippen LogP contribution in [0.1, 0.15) is 16.8 Å². The molecule has 2 aliphatic heterocycles. The van der Waals surface area contributed by atoms with Crippen molar-refractivity contribution in [3.8, 4) is 11.1 Å². The summed E-state index contributed by atoms with van der Waals surface area (Å²) in [6.07, 6.45) is 5.10. The minimum Gasteiger partial charge on any atom is -0.478 e. The molecule has 1 unspecified atom stereocenters. The number of nitrogens with zero attached hydrogens (tertiary/aromatic N) is 2. The molecular weight excluding hydrogens is 487 g/mol. The summed E-state index contributed by atoms with van der Waals surface area (Å²) in [5, 5.41) is 9.84. The largest absolute Gasteiger partial charge is 0.478 e. The summed E-state index contributed by atoms with van der Waals surface area (Å²) in [5.74, 6) is -2.09. The van der Waals surface area contributed by atoms with E-state index < -0.39 is 11.8 Å². The predicted molar refractivity (Wildman–Crippen MR) is 138 cm³/mol. The summed E-state index contributed by atoms with van der Waals surface area (Å²) >= 11 is 8.37. The molecule has 8 heteroatoms. The summed E-state index contributed by atoms with van der Waals surface area (Å²) < 4.78 is 22.3. The number of benzene rings is 3.